The van der Waals surface area contributed by atoms with E-state index in [2.05, 4.69) is 25.5 Å². The predicted octanol–water partition coefficient (Wildman–Crippen LogP) is 3.25. The summed E-state index contributed by atoms with van der Waals surface area (Å²) in [5, 5.41) is 1.02. The molecule has 1 aliphatic carbocycles. The molecule has 2 fully saturated rings. The average molecular weight is 483 g/mol. The van der Waals surface area contributed by atoms with Crippen LogP contribution in [0.4, 0.5) is 11.6 Å². The molecule has 1 amide bonds. The monoisotopic (exact) mass is 482 g/mol. The second-order valence-corrected chi connectivity index (χ2v) is 11.1. The summed E-state index contributed by atoms with van der Waals surface area (Å²) in [6, 6.07) is 5.57. The van der Waals surface area contributed by atoms with Gasteiger partial charge in [-0.1, -0.05) is 12.8 Å². The van der Waals surface area contributed by atoms with Crippen molar-refractivity contribution in [1.29, 1.82) is 0 Å². The Balaban J connectivity index is 1.35. The number of hydrogen-bond acceptors (Lipinski definition) is 6. The summed E-state index contributed by atoms with van der Waals surface area (Å²) >= 11 is 0. The predicted molar refractivity (Wildman–Crippen MR) is 131 cm³/mol. The highest BCUT2D eigenvalue weighted by molar-refractivity contribution is 7.92. The van der Waals surface area contributed by atoms with Crippen LogP contribution in [0, 0.1) is 5.92 Å². The summed E-state index contributed by atoms with van der Waals surface area (Å²) in [6.07, 6.45) is 10.7. The molecular formula is C24H30N6O3S. The number of anilines is 2. The summed E-state index contributed by atoms with van der Waals surface area (Å²) in [5.74, 6) is 0.896. The number of aromatic nitrogens is 3. The van der Waals surface area contributed by atoms with Gasteiger partial charge in [-0.05, 0) is 55.4 Å². The van der Waals surface area contributed by atoms with Gasteiger partial charge in [-0.3, -0.25) is 9.52 Å². The summed E-state index contributed by atoms with van der Waals surface area (Å²) in [5.41, 5.74) is 8.18. The fourth-order valence-electron chi connectivity index (χ4n) is 5.33. The Hall–Kier alpha value is -3.14. The number of nitrogens with one attached hydrogen (secondary N) is 1. The van der Waals surface area contributed by atoms with E-state index < -0.39 is 10.0 Å². The minimum absolute atomic E-state index is 0.0188. The van der Waals surface area contributed by atoms with Gasteiger partial charge in [-0.15, -0.1) is 0 Å². The van der Waals surface area contributed by atoms with Crippen LogP contribution in [-0.2, 0) is 21.9 Å². The molecule has 10 heteroatoms. The fourth-order valence-corrected chi connectivity index (χ4v) is 6.27. The first-order chi connectivity index (χ1) is 16.3. The standard InChI is InChI=1S/C24H30N6O3S/c1-29-15-21(16-8-10-30(11-9-16)23(31)17-4-2-3-5-17)20-12-18(6-7-22(20)29)28-34(32,33)19-13-26-24(25)27-14-19/h6-7,12-17,28H,2-5,8-11H2,1H3,(H2,25,26,27). The molecule has 180 valence electrons. The highest BCUT2D eigenvalue weighted by Gasteiger charge is 2.31. The van der Waals surface area contributed by atoms with E-state index in [1.807, 2.05) is 24.1 Å². The van der Waals surface area contributed by atoms with Crippen molar-refractivity contribution < 1.29 is 13.2 Å². The van der Waals surface area contributed by atoms with E-state index >= 15 is 0 Å². The number of nitrogens with two attached hydrogens (primary N) is 1. The summed E-state index contributed by atoms with van der Waals surface area (Å²) in [6.45, 7) is 1.56. The fraction of sp³-hybridized carbons (Fsp3) is 0.458. The van der Waals surface area contributed by atoms with Crippen LogP contribution in [0.25, 0.3) is 10.9 Å². The Labute approximate surface area is 199 Å². The van der Waals surface area contributed by atoms with Crippen LogP contribution < -0.4 is 10.5 Å². The van der Waals surface area contributed by atoms with Crippen molar-refractivity contribution in [1.82, 2.24) is 19.4 Å². The molecule has 3 aromatic rings. The molecule has 0 bridgehead atoms. The van der Waals surface area contributed by atoms with Crippen LogP contribution >= 0.6 is 0 Å². The first kappa shape index (κ1) is 22.6. The van der Waals surface area contributed by atoms with E-state index in [1.54, 1.807) is 6.07 Å². The topological polar surface area (TPSA) is 123 Å². The molecule has 1 aromatic carbocycles. The molecular weight excluding hydrogens is 452 g/mol. The van der Waals surface area contributed by atoms with E-state index in [0.29, 0.717) is 17.5 Å². The molecule has 0 radical (unpaired) electrons. The van der Waals surface area contributed by atoms with E-state index in [1.165, 1.54) is 30.8 Å². The quantitative estimate of drug-likeness (QED) is 0.575. The minimum Gasteiger partial charge on any atom is -0.368 e. The van der Waals surface area contributed by atoms with E-state index in [-0.39, 0.29) is 16.8 Å². The maximum absolute atomic E-state index is 12.8. The number of benzene rings is 1. The Kier molecular flexibility index (Phi) is 5.93. The molecule has 1 aliphatic heterocycles. The van der Waals surface area contributed by atoms with Crippen molar-refractivity contribution in [2.24, 2.45) is 13.0 Å². The summed E-state index contributed by atoms with van der Waals surface area (Å²) < 4.78 is 30.3. The Morgan fingerprint density at radius 2 is 1.76 bits per heavy atom. The third-order valence-corrected chi connectivity index (χ3v) is 8.52. The number of nitrogens with zero attached hydrogens (tertiary/aromatic N) is 4. The lowest BCUT2D eigenvalue weighted by atomic mass is 9.88. The van der Waals surface area contributed by atoms with Crippen LogP contribution in [0.3, 0.4) is 0 Å². The average Bonchev–Trinajstić information content (AvgIpc) is 3.47. The zero-order valence-electron chi connectivity index (χ0n) is 19.3. The largest absolute Gasteiger partial charge is 0.368 e. The zero-order valence-corrected chi connectivity index (χ0v) is 20.1. The van der Waals surface area contributed by atoms with Gasteiger partial charge in [0, 0.05) is 48.8 Å². The van der Waals surface area contributed by atoms with Gasteiger partial charge in [0.1, 0.15) is 4.90 Å². The summed E-state index contributed by atoms with van der Waals surface area (Å²) in [4.78, 5) is 22.4. The van der Waals surface area contributed by atoms with Crippen molar-refractivity contribution in [3.63, 3.8) is 0 Å². The SMILES string of the molecule is Cn1cc(C2CCN(C(=O)C3CCCC3)CC2)c2cc(NS(=O)(=O)c3cnc(N)nc3)ccc21. The zero-order chi connectivity index (χ0) is 23.9. The number of likely N-dealkylation sites (tertiary alicyclic amines) is 1. The lowest BCUT2D eigenvalue weighted by molar-refractivity contribution is -0.136. The van der Waals surface area contributed by atoms with Crippen LogP contribution in [0.2, 0.25) is 0 Å². The maximum atomic E-state index is 12.8. The molecule has 1 saturated heterocycles. The molecule has 9 nitrogen and oxygen atoms in total. The third-order valence-electron chi connectivity index (χ3n) is 7.18. The van der Waals surface area contributed by atoms with E-state index in [4.69, 9.17) is 5.73 Å². The molecule has 0 spiro atoms. The third kappa shape index (κ3) is 4.34. The second-order valence-electron chi connectivity index (χ2n) is 9.39. The minimum atomic E-state index is -3.84. The van der Waals surface area contributed by atoms with Crippen LogP contribution in [-0.4, -0.2) is 46.8 Å². The molecule has 2 aromatic heterocycles. The van der Waals surface area contributed by atoms with Crippen LogP contribution in [0.5, 0.6) is 0 Å². The van der Waals surface area contributed by atoms with Crippen molar-refractivity contribution in [3.05, 3.63) is 42.4 Å². The number of hydrogen-bond donors (Lipinski definition) is 2. The Bertz CT molecular complexity index is 1300. The first-order valence-electron chi connectivity index (χ1n) is 11.8. The van der Waals surface area contributed by atoms with E-state index in [0.717, 1.165) is 49.7 Å². The number of aryl methyl sites for hydroxylation is 1. The van der Waals surface area contributed by atoms with Crippen LogP contribution in [0.1, 0.15) is 50.0 Å². The first-order valence-corrected chi connectivity index (χ1v) is 13.3. The van der Waals surface area contributed by atoms with Crippen LogP contribution in [0.15, 0.2) is 41.7 Å². The molecule has 34 heavy (non-hydrogen) atoms. The highest BCUT2D eigenvalue weighted by Crippen LogP contribution is 2.37. The van der Waals surface area contributed by atoms with Gasteiger partial charge in [0.05, 0.1) is 12.4 Å². The van der Waals surface area contributed by atoms with Gasteiger partial charge in [0.25, 0.3) is 10.0 Å². The molecule has 0 unspecified atom stereocenters. The molecule has 2 aliphatic rings. The number of fused-ring (bicyclic) bond motifs is 1. The van der Waals surface area contributed by atoms with Gasteiger partial charge < -0.3 is 15.2 Å². The van der Waals surface area contributed by atoms with Crippen molar-refractivity contribution in [3.8, 4) is 0 Å². The van der Waals surface area contributed by atoms with E-state index in [9.17, 15) is 13.2 Å². The lowest BCUT2D eigenvalue weighted by Gasteiger charge is -2.33. The molecule has 3 N–H and O–H groups in total. The highest BCUT2D eigenvalue weighted by atomic mass is 32.2. The van der Waals surface area contributed by atoms with Gasteiger partial charge in [0.15, 0.2) is 0 Å². The Morgan fingerprint density at radius 3 is 2.44 bits per heavy atom. The van der Waals surface area contributed by atoms with Crippen molar-refractivity contribution in [2.75, 3.05) is 23.5 Å². The normalized spacial score (nSPS) is 18.0. The number of piperidine rings is 1. The van der Waals surface area contributed by atoms with Crippen molar-refractivity contribution in [2.45, 2.75) is 49.3 Å². The second kappa shape index (κ2) is 8.90. The smallest absolute Gasteiger partial charge is 0.264 e. The number of amides is 1. The van der Waals surface area contributed by atoms with Crippen molar-refractivity contribution >= 4 is 38.5 Å². The maximum Gasteiger partial charge on any atom is 0.264 e. The number of nitrogen functional groups attached to an aromatic ring is 1. The molecule has 5 rings (SSSR count). The Morgan fingerprint density at radius 1 is 1.09 bits per heavy atom. The molecule has 1 saturated carbocycles. The number of rotatable bonds is 5. The van der Waals surface area contributed by atoms with Gasteiger partial charge in [-0.25, -0.2) is 18.4 Å². The molecule has 0 atom stereocenters. The van der Waals surface area contributed by atoms with Gasteiger partial charge in [0.2, 0.25) is 11.9 Å². The number of sulfonamides is 1. The number of carbonyl (C=O) groups is 1. The lowest BCUT2D eigenvalue weighted by Crippen LogP contribution is -2.40. The summed E-state index contributed by atoms with van der Waals surface area (Å²) in [7, 11) is -1.84. The molecule has 3 heterocycles. The number of carbonyl (C=O) groups excluding carboxylic acids is 1. The van der Waals surface area contributed by atoms with Gasteiger partial charge >= 0.3 is 0 Å². The van der Waals surface area contributed by atoms with Gasteiger partial charge in [-0.2, -0.15) is 0 Å².